The fourth-order valence-electron chi connectivity index (χ4n) is 2.22. The van der Waals surface area contributed by atoms with Gasteiger partial charge in [0.25, 0.3) is 5.56 Å². The monoisotopic (exact) mass is 291 g/mol. The van der Waals surface area contributed by atoms with E-state index >= 15 is 0 Å². The first-order valence-electron chi connectivity index (χ1n) is 6.53. The Kier molecular flexibility index (Phi) is 3.50. The molecule has 0 atom stereocenters. The van der Waals surface area contributed by atoms with E-state index in [4.69, 9.17) is 5.26 Å². The Labute approximate surface area is 125 Å². The van der Waals surface area contributed by atoms with E-state index < -0.39 is 5.56 Å². The van der Waals surface area contributed by atoms with Crippen LogP contribution in [0.3, 0.4) is 0 Å². The van der Waals surface area contributed by atoms with Crippen LogP contribution in [-0.4, -0.2) is 9.97 Å². The number of nitrogens with one attached hydrogen (secondary N) is 1. The predicted molar refractivity (Wildman–Crippen MR) is 80.4 cm³/mol. The summed E-state index contributed by atoms with van der Waals surface area (Å²) in [6.45, 7) is 0. The minimum absolute atomic E-state index is 0.0256. The van der Waals surface area contributed by atoms with Gasteiger partial charge in [-0.3, -0.25) is 9.78 Å². The van der Waals surface area contributed by atoms with E-state index in [9.17, 15) is 9.18 Å². The summed E-state index contributed by atoms with van der Waals surface area (Å²) in [4.78, 5) is 18.6. The average molecular weight is 291 g/mol. The minimum Gasteiger partial charge on any atom is -0.320 e. The van der Waals surface area contributed by atoms with Gasteiger partial charge in [-0.15, -0.1) is 0 Å². The van der Waals surface area contributed by atoms with Crippen molar-refractivity contribution in [3.05, 3.63) is 76.6 Å². The molecule has 0 aliphatic rings. The van der Waals surface area contributed by atoms with Crippen LogP contribution in [0.5, 0.6) is 0 Å². The molecule has 0 aliphatic carbocycles. The first-order chi connectivity index (χ1) is 10.7. The SMILES string of the molecule is N#Cc1cc(-c2ccncc2)c(-c2ccc(F)cc2)[nH]c1=O. The summed E-state index contributed by atoms with van der Waals surface area (Å²) in [5, 5.41) is 9.06. The summed E-state index contributed by atoms with van der Waals surface area (Å²) >= 11 is 0. The predicted octanol–water partition coefficient (Wildman–Crippen LogP) is 3.11. The van der Waals surface area contributed by atoms with Crippen molar-refractivity contribution in [3.63, 3.8) is 0 Å². The Bertz CT molecular complexity index is 909. The van der Waals surface area contributed by atoms with Crippen molar-refractivity contribution in [1.82, 2.24) is 9.97 Å². The number of aromatic amines is 1. The number of hydrogen-bond donors (Lipinski definition) is 1. The largest absolute Gasteiger partial charge is 0.320 e. The molecule has 106 valence electrons. The molecule has 3 aromatic rings. The van der Waals surface area contributed by atoms with E-state index in [0.717, 1.165) is 5.56 Å². The fourth-order valence-corrected chi connectivity index (χ4v) is 2.22. The fraction of sp³-hybridized carbons (Fsp3) is 0. The average Bonchev–Trinajstić information content (AvgIpc) is 2.56. The first kappa shape index (κ1) is 13.7. The van der Waals surface area contributed by atoms with E-state index in [0.29, 0.717) is 16.8 Å². The molecule has 0 saturated carbocycles. The normalized spacial score (nSPS) is 10.2. The number of rotatable bonds is 2. The maximum atomic E-state index is 13.1. The zero-order chi connectivity index (χ0) is 15.5. The molecule has 3 rings (SSSR count). The van der Waals surface area contributed by atoms with Crippen molar-refractivity contribution in [1.29, 1.82) is 5.26 Å². The summed E-state index contributed by atoms with van der Waals surface area (Å²) in [5.74, 6) is -0.356. The van der Waals surface area contributed by atoms with Crippen LogP contribution in [0.1, 0.15) is 5.56 Å². The van der Waals surface area contributed by atoms with Gasteiger partial charge in [0, 0.05) is 18.0 Å². The van der Waals surface area contributed by atoms with Crippen molar-refractivity contribution < 1.29 is 4.39 Å². The first-order valence-corrected chi connectivity index (χ1v) is 6.53. The molecule has 5 heteroatoms. The molecule has 0 saturated heterocycles. The summed E-state index contributed by atoms with van der Waals surface area (Å²) < 4.78 is 13.1. The van der Waals surface area contributed by atoms with Crippen LogP contribution in [0.2, 0.25) is 0 Å². The van der Waals surface area contributed by atoms with Crippen LogP contribution in [-0.2, 0) is 0 Å². The number of nitrogens with zero attached hydrogens (tertiary/aromatic N) is 2. The molecular formula is C17H10FN3O. The number of nitriles is 1. The number of pyridine rings is 2. The highest BCUT2D eigenvalue weighted by Crippen LogP contribution is 2.29. The van der Waals surface area contributed by atoms with Crippen molar-refractivity contribution in [2.75, 3.05) is 0 Å². The van der Waals surface area contributed by atoms with Crippen molar-refractivity contribution in [3.8, 4) is 28.5 Å². The van der Waals surface area contributed by atoms with Gasteiger partial charge in [0.2, 0.25) is 0 Å². The second kappa shape index (κ2) is 5.62. The minimum atomic E-state index is -0.473. The standard InChI is InChI=1S/C17H10FN3O/c18-14-3-1-12(2-4-14)16-15(11-5-7-20-8-6-11)9-13(10-19)17(22)21-16/h1-9H,(H,21,22). The Morgan fingerprint density at radius 3 is 2.36 bits per heavy atom. The quantitative estimate of drug-likeness (QED) is 0.788. The number of aromatic nitrogens is 2. The molecule has 1 N–H and O–H groups in total. The highest BCUT2D eigenvalue weighted by atomic mass is 19.1. The van der Waals surface area contributed by atoms with E-state index in [2.05, 4.69) is 9.97 Å². The van der Waals surface area contributed by atoms with Gasteiger partial charge < -0.3 is 4.98 Å². The van der Waals surface area contributed by atoms with Crippen LogP contribution in [0.25, 0.3) is 22.4 Å². The Hall–Kier alpha value is -3.26. The smallest absolute Gasteiger partial charge is 0.266 e. The van der Waals surface area contributed by atoms with Gasteiger partial charge in [0.05, 0.1) is 5.69 Å². The van der Waals surface area contributed by atoms with Crippen LogP contribution >= 0.6 is 0 Å². The summed E-state index contributed by atoms with van der Waals surface area (Å²) in [6.07, 6.45) is 3.25. The Morgan fingerprint density at radius 1 is 1.05 bits per heavy atom. The molecule has 0 bridgehead atoms. The zero-order valence-corrected chi connectivity index (χ0v) is 11.4. The van der Waals surface area contributed by atoms with Gasteiger partial charge in [-0.05, 0) is 53.6 Å². The number of H-pyrrole nitrogens is 1. The van der Waals surface area contributed by atoms with Crippen LogP contribution < -0.4 is 5.56 Å². The van der Waals surface area contributed by atoms with Crippen molar-refractivity contribution in [2.45, 2.75) is 0 Å². The van der Waals surface area contributed by atoms with Gasteiger partial charge in [-0.25, -0.2) is 4.39 Å². The van der Waals surface area contributed by atoms with Crippen LogP contribution in [0.4, 0.5) is 4.39 Å². The molecule has 2 heterocycles. The summed E-state index contributed by atoms with van der Waals surface area (Å²) in [5.41, 5.74) is 2.24. The molecular weight excluding hydrogens is 281 g/mol. The van der Waals surface area contributed by atoms with Crippen LogP contribution in [0.15, 0.2) is 59.7 Å². The van der Waals surface area contributed by atoms with Crippen molar-refractivity contribution in [2.24, 2.45) is 0 Å². The summed E-state index contributed by atoms with van der Waals surface area (Å²) in [6, 6.07) is 12.8. The lowest BCUT2D eigenvalue weighted by molar-refractivity contribution is 0.628. The molecule has 0 fully saturated rings. The molecule has 1 aromatic carbocycles. The Morgan fingerprint density at radius 2 is 1.73 bits per heavy atom. The van der Waals surface area contributed by atoms with E-state index in [1.165, 1.54) is 18.2 Å². The molecule has 0 aliphatic heterocycles. The maximum absolute atomic E-state index is 13.1. The van der Waals surface area contributed by atoms with Gasteiger partial charge in [-0.2, -0.15) is 5.26 Å². The highest BCUT2D eigenvalue weighted by Gasteiger charge is 2.12. The molecule has 2 aromatic heterocycles. The number of halogens is 1. The topological polar surface area (TPSA) is 69.5 Å². The number of benzene rings is 1. The van der Waals surface area contributed by atoms with E-state index in [1.807, 2.05) is 6.07 Å². The molecule has 4 nitrogen and oxygen atoms in total. The second-order valence-corrected chi connectivity index (χ2v) is 4.66. The highest BCUT2D eigenvalue weighted by molar-refractivity contribution is 5.81. The lowest BCUT2D eigenvalue weighted by Crippen LogP contribution is -2.12. The third-order valence-corrected chi connectivity index (χ3v) is 3.29. The van der Waals surface area contributed by atoms with E-state index in [-0.39, 0.29) is 11.4 Å². The lowest BCUT2D eigenvalue weighted by atomic mass is 9.99. The zero-order valence-electron chi connectivity index (χ0n) is 11.4. The maximum Gasteiger partial charge on any atom is 0.266 e. The van der Waals surface area contributed by atoms with Gasteiger partial charge >= 0.3 is 0 Å². The van der Waals surface area contributed by atoms with Gasteiger partial charge in [-0.1, -0.05) is 0 Å². The third kappa shape index (κ3) is 2.50. The molecule has 0 unspecified atom stereocenters. The third-order valence-electron chi connectivity index (χ3n) is 3.29. The Balaban J connectivity index is 2.29. The summed E-state index contributed by atoms with van der Waals surface area (Å²) in [7, 11) is 0. The van der Waals surface area contributed by atoms with E-state index in [1.54, 1.807) is 36.7 Å². The van der Waals surface area contributed by atoms with Crippen molar-refractivity contribution >= 4 is 0 Å². The van der Waals surface area contributed by atoms with Crippen LogP contribution in [0, 0.1) is 17.1 Å². The number of hydrogen-bond acceptors (Lipinski definition) is 3. The van der Waals surface area contributed by atoms with Gasteiger partial charge in [0.1, 0.15) is 17.4 Å². The molecule has 0 spiro atoms. The van der Waals surface area contributed by atoms with Gasteiger partial charge in [0.15, 0.2) is 0 Å². The molecule has 22 heavy (non-hydrogen) atoms. The second-order valence-electron chi connectivity index (χ2n) is 4.66. The molecule has 0 amide bonds. The molecule has 0 radical (unpaired) electrons. The lowest BCUT2D eigenvalue weighted by Gasteiger charge is -2.10.